The summed E-state index contributed by atoms with van der Waals surface area (Å²) < 4.78 is 46.9. The lowest BCUT2D eigenvalue weighted by Crippen LogP contribution is -2.40. The molecule has 4 aromatic rings. The number of carbonyl (C=O) groups is 2. The van der Waals surface area contributed by atoms with E-state index >= 15 is 4.39 Å². The van der Waals surface area contributed by atoms with Gasteiger partial charge < -0.3 is 9.47 Å². The normalized spacial score (nSPS) is 11.9. The van der Waals surface area contributed by atoms with Crippen molar-refractivity contribution in [2.24, 2.45) is 0 Å². The first-order valence-electron chi connectivity index (χ1n) is 16.5. The fourth-order valence-electron chi connectivity index (χ4n) is 5.70. The van der Waals surface area contributed by atoms with Crippen molar-refractivity contribution in [3.8, 4) is 11.1 Å². The molecule has 2 heterocycles. The van der Waals surface area contributed by atoms with Gasteiger partial charge in [0.05, 0.1) is 29.0 Å². The summed E-state index contributed by atoms with van der Waals surface area (Å²) >= 11 is 0. The molecular formula is C37H46FN5O4S. The summed E-state index contributed by atoms with van der Waals surface area (Å²) in [7, 11) is -3.88. The number of Topliss-reactive ketones (excluding diaryl/α,β-unsaturated/α-hetero) is 1. The molecule has 0 atom stereocenters. The molecule has 0 spiro atoms. The number of hydrogen-bond donors (Lipinski definition) is 1. The van der Waals surface area contributed by atoms with Gasteiger partial charge in [0.25, 0.3) is 0 Å². The number of ketones is 1. The highest BCUT2D eigenvalue weighted by Gasteiger charge is 2.27. The van der Waals surface area contributed by atoms with Crippen LogP contribution in [0.5, 0.6) is 0 Å². The van der Waals surface area contributed by atoms with Gasteiger partial charge in [0.2, 0.25) is 15.9 Å². The van der Waals surface area contributed by atoms with Gasteiger partial charge in [0.15, 0.2) is 5.78 Å². The molecule has 2 aromatic heterocycles. The minimum atomic E-state index is -3.88. The Bertz CT molecular complexity index is 1850. The van der Waals surface area contributed by atoms with E-state index in [9.17, 15) is 18.0 Å². The number of sulfonamides is 1. The summed E-state index contributed by atoms with van der Waals surface area (Å²) in [5.74, 6) is -0.0941. The third-order valence-electron chi connectivity index (χ3n) is 7.79. The van der Waals surface area contributed by atoms with Crippen molar-refractivity contribution in [3.63, 3.8) is 0 Å². The highest BCUT2D eigenvalue weighted by molar-refractivity contribution is 7.89. The van der Waals surface area contributed by atoms with Gasteiger partial charge in [-0.05, 0) is 69.9 Å². The number of amides is 1. The molecule has 0 aliphatic heterocycles. The molecule has 9 nitrogen and oxygen atoms in total. The second-order valence-corrected chi connectivity index (χ2v) is 14.5. The van der Waals surface area contributed by atoms with Crippen LogP contribution in [0.15, 0.2) is 71.9 Å². The van der Waals surface area contributed by atoms with E-state index in [2.05, 4.69) is 9.71 Å². The first-order valence-corrected chi connectivity index (χ1v) is 18.0. The Morgan fingerprint density at radius 1 is 0.979 bits per heavy atom. The second kappa shape index (κ2) is 15.8. The summed E-state index contributed by atoms with van der Waals surface area (Å²) in [6, 6.07) is 14.7. The standard InChI is InChI=1S/C37H46FN5O4S/c1-7-13-34-40-31(9-3)36(32(44)20-22-42(35(45)14-8-2)28-15-12-21-39-24-28)43(34)25-27-19-18-26(23-30(27)38)29-16-10-11-17-33(29)48(46,47)41-37(4,5)6/h10-12,15-19,21,23-24,41H,7-9,13-14,20,22,25H2,1-6H3. The van der Waals surface area contributed by atoms with Crippen molar-refractivity contribution in [3.05, 3.63) is 95.6 Å². The largest absolute Gasteiger partial charge is 0.321 e. The number of nitrogens with zero attached hydrogens (tertiary/aromatic N) is 4. The Morgan fingerprint density at radius 3 is 2.35 bits per heavy atom. The van der Waals surface area contributed by atoms with Crippen molar-refractivity contribution in [1.82, 2.24) is 19.3 Å². The number of carbonyl (C=O) groups excluding carboxylic acids is 2. The van der Waals surface area contributed by atoms with Crippen molar-refractivity contribution in [2.75, 3.05) is 11.4 Å². The maximum atomic E-state index is 15.9. The number of pyridine rings is 1. The third kappa shape index (κ3) is 8.82. The molecule has 0 saturated heterocycles. The summed E-state index contributed by atoms with van der Waals surface area (Å²) in [4.78, 5) is 37.6. The fraction of sp³-hybridized carbons (Fsp3) is 0.405. The molecule has 4 rings (SSSR count). The van der Waals surface area contributed by atoms with Crippen molar-refractivity contribution < 1.29 is 22.4 Å². The summed E-state index contributed by atoms with van der Waals surface area (Å²) in [5.41, 5.74) is 2.13. The number of benzene rings is 2. The lowest BCUT2D eigenvalue weighted by molar-refractivity contribution is -0.118. The van der Waals surface area contributed by atoms with Crippen LogP contribution in [0.2, 0.25) is 0 Å². The van der Waals surface area contributed by atoms with Crippen LogP contribution in [0.25, 0.3) is 11.1 Å². The quantitative estimate of drug-likeness (QED) is 0.134. The molecule has 1 N–H and O–H groups in total. The average Bonchev–Trinajstić information content (AvgIpc) is 3.38. The number of aryl methyl sites for hydroxylation is 2. The first kappa shape index (κ1) is 36.6. The van der Waals surface area contributed by atoms with E-state index in [-0.39, 0.29) is 36.1 Å². The van der Waals surface area contributed by atoms with E-state index in [4.69, 9.17) is 4.98 Å². The van der Waals surface area contributed by atoms with E-state index in [0.29, 0.717) is 65.3 Å². The zero-order valence-electron chi connectivity index (χ0n) is 28.7. The topological polar surface area (TPSA) is 114 Å². The van der Waals surface area contributed by atoms with Crippen LogP contribution in [0.4, 0.5) is 10.1 Å². The van der Waals surface area contributed by atoms with E-state index in [1.807, 2.05) is 20.8 Å². The average molecular weight is 676 g/mol. The molecule has 0 radical (unpaired) electrons. The number of aromatic nitrogens is 3. The molecular weight excluding hydrogens is 630 g/mol. The first-order chi connectivity index (χ1) is 22.8. The zero-order chi connectivity index (χ0) is 35.1. The monoisotopic (exact) mass is 675 g/mol. The van der Waals surface area contributed by atoms with Gasteiger partial charge in [0.1, 0.15) is 17.3 Å². The van der Waals surface area contributed by atoms with Crippen LogP contribution >= 0.6 is 0 Å². The molecule has 0 unspecified atom stereocenters. The second-order valence-electron chi connectivity index (χ2n) is 12.9. The Hall–Kier alpha value is -4.22. The lowest BCUT2D eigenvalue weighted by atomic mass is 10.0. The summed E-state index contributed by atoms with van der Waals surface area (Å²) in [6.07, 6.45) is 6.23. The molecule has 0 bridgehead atoms. The maximum absolute atomic E-state index is 15.9. The predicted octanol–water partition coefficient (Wildman–Crippen LogP) is 7.13. The minimum absolute atomic E-state index is 0.0594. The number of hydrogen-bond acceptors (Lipinski definition) is 6. The summed E-state index contributed by atoms with van der Waals surface area (Å²) in [6.45, 7) is 11.4. The number of imidazole rings is 1. The Labute approximate surface area is 283 Å². The van der Waals surface area contributed by atoms with Crippen LogP contribution in [0.3, 0.4) is 0 Å². The van der Waals surface area contributed by atoms with Gasteiger partial charge in [-0.1, -0.05) is 51.1 Å². The minimum Gasteiger partial charge on any atom is -0.321 e. The van der Waals surface area contributed by atoms with Crippen LogP contribution in [0.1, 0.15) is 94.8 Å². The smallest absolute Gasteiger partial charge is 0.241 e. The zero-order valence-corrected chi connectivity index (χ0v) is 29.5. The highest BCUT2D eigenvalue weighted by atomic mass is 32.2. The Kier molecular flexibility index (Phi) is 12.0. The van der Waals surface area contributed by atoms with Crippen LogP contribution in [-0.4, -0.2) is 46.7 Å². The number of nitrogens with one attached hydrogen (secondary N) is 1. The lowest BCUT2D eigenvalue weighted by Gasteiger charge is -2.22. The predicted molar refractivity (Wildman–Crippen MR) is 187 cm³/mol. The third-order valence-corrected chi connectivity index (χ3v) is 9.60. The molecule has 48 heavy (non-hydrogen) atoms. The molecule has 0 saturated carbocycles. The molecule has 1 amide bonds. The van der Waals surface area contributed by atoms with E-state index in [1.54, 1.807) is 85.1 Å². The van der Waals surface area contributed by atoms with Gasteiger partial charge >= 0.3 is 0 Å². The van der Waals surface area contributed by atoms with Gasteiger partial charge in [-0.2, -0.15) is 0 Å². The SMILES string of the molecule is CCCC(=O)N(CCC(=O)c1c(CC)nc(CCC)n1Cc1ccc(-c2ccccc2S(=O)(=O)NC(C)(C)C)cc1F)c1cccnc1. The fourth-order valence-corrected chi connectivity index (χ4v) is 7.35. The summed E-state index contributed by atoms with van der Waals surface area (Å²) in [5, 5.41) is 0. The molecule has 2 aromatic carbocycles. The van der Waals surface area contributed by atoms with Gasteiger partial charge in [-0.25, -0.2) is 22.5 Å². The molecule has 256 valence electrons. The van der Waals surface area contributed by atoms with Crippen LogP contribution in [0, 0.1) is 5.82 Å². The maximum Gasteiger partial charge on any atom is 0.241 e. The molecule has 0 aliphatic carbocycles. The molecule has 0 aliphatic rings. The van der Waals surface area contributed by atoms with E-state index in [1.165, 1.54) is 12.1 Å². The van der Waals surface area contributed by atoms with E-state index in [0.717, 1.165) is 6.42 Å². The van der Waals surface area contributed by atoms with Crippen molar-refractivity contribution in [2.45, 2.75) is 97.0 Å². The Balaban J connectivity index is 1.67. The number of anilines is 1. The van der Waals surface area contributed by atoms with Gasteiger partial charge in [-0.3, -0.25) is 14.6 Å². The van der Waals surface area contributed by atoms with Gasteiger partial charge in [0, 0.05) is 48.7 Å². The molecule has 0 fully saturated rings. The van der Waals surface area contributed by atoms with Crippen LogP contribution < -0.4 is 9.62 Å². The Morgan fingerprint density at radius 2 is 1.73 bits per heavy atom. The van der Waals surface area contributed by atoms with Gasteiger partial charge in [-0.15, -0.1) is 0 Å². The number of rotatable bonds is 15. The molecule has 11 heteroatoms. The van der Waals surface area contributed by atoms with Crippen molar-refractivity contribution >= 4 is 27.4 Å². The van der Waals surface area contributed by atoms with Crippen molar-refractivity contribution in [1.29, 1.82) is 0 Å². The highest BCUT2D eigenvalue weighted by Crippen LogP contribution is 2.30. The van der Waals surface area contributed by atoms with E-state index < -0.39 is 21.4 Å². The van der Waals surface area contributed by atoms with Crippen LogP contribution in [-0.2, 0) is 34.2 Å². The number of halogens is 1.